The maximum Gasteiger partial charge on any atom is 0.119 e. The zero-order valence-electron chi connectivity index (χ0n) is 12.1. The van der Waals surface area contributed by atoms with E-state index in [-0.39, 0.29) is 0 Å². The molecule has 2 heteroatoms. The van der Waals surface area contributed by atoms with Crippen molar-refractivity contribution in [3.63, 3.8) is 0 Å². The van der Waals surface area contributed by atoms with E-state index in [1.54, 1.807) is 7.11 Å². The van der Waals surface area contributed by atoms with E-state index in [9.17, 15) is 0 Å². The van der Waals surface area contributed by atoms with Gasteiger partial charge in [0.1, 0.15) is 5.75 Å². The van der Waals surface area contributed by atoms with Gasteiger partial charge in [0.25, 0.3) is 0 Å². The first-order chi connectivity index (χ1) is 9.22. The second-order valence-electron chi connectivity index (χ2n) is 5.80. The molecule has 1 aromatic carbocycles. The normalized spacial score (nSPS) is 27.2. The molecule has 1 saturated carbocycles. The second-order valence-corrected chi connectivity index (χ2v) is 6.98. The second kappa shape index (κ2) is 7.33. The summed E-state index contributed by atoms with van der Waals surface area (Å²) in [5.41, 5.74) is 1.41. The number of hydrogen-bond donors (Lipinski definition) is 0. The van der Waals surface area contributed by atoms with Crippen molar-refractivity contribution in [3.8, 4) is 5.75 Å². The molecule has 1 nitrogen and oxygen atoms in total. The summed E-state index contributed by atoms with van der Waals surface area (Å²) in [7, 11) is 1.74. The first-order valence-corrected chi connectivity index (χ1v) is 8.41. The molecule has 2 rings (SSSR count). The van der Waals surface area contributed by atoms with Crippen LogP contribution in [0.25, 0.3) is 0 Å². The lowest BCUT2D eigenvalue weighted by molar-refractivity contribution is 0.263. The minimum absolute atomic E-state index is 0.687. The summed E-state index contributed by atoms with van der Waals surface area (Å²) >= 11 is 3.90. The average Bonchev–Trinajstić information content (AvgIpc) is 2.43. The molecule has 3 unspecified atom stereocenters. The smallest absolute Gasteiger partial charge is 0.119 e. The van der Waals surface area contributed by atoms with Gasteiger partial charge in [-0.1, -0.05) is 47.8 Å². The van der Waals surface area contributed by atoms with Crippen molar-refractivity contribution in [3.05, 3.63) is 29.8 Å². The van der Waals surface area contributed by atoms with E-state index >= 15 is 0 Å². The minimum atomic E-state index is 0.687. The largest absolute Gasteiger partial charge is 0.497 e. The van der Waals surface area contributed by atoms with Gasteiger partial charge in [0.05, 0.1) is 7.11 Å². The molecule has 0 heterocycles. The van der Waals surface area contributed by atoms with Gasteiger partial charge >= 0.3 is 0 Å². The molecule has 19 heavy (non-hydrogen) atoms. The highest BCUT2D eigenvalue weighted by Gasteiger charge is 2.28. The van der Waals surface area contributed by atoms with Gasteiger partial charge in [-0.2, -0.15) is 0 Å². The third-order valence-corrected chi connectivity index (χ3v) is 5.53. The van der Waals surface area contributed by atoms with Crippen molar-refractivity contribution in [2.45, 2.75) is 50.3 Å². The molecule has 1 aliphatic rings. The molecule has 0 spiro atoms. The SMILES string of the molecule is CCCC1CCC(Br)C(Cc2cccc(OC)c2)C1. The molecule has 0 amide bonds. The van der Waals surface area contributed by atoms with Gasteiger partial charge in [-0.15, -0.1) is 0 Å². The van der Waals surface area contributed by atoms with Gasteiger partial charge in [0.2, 0.25) is 0 Å². The molecule has 0 saturated heterocycles. The maximum absolute atomic E-state index is 5.32. The number of hydrogen-bond acceptors (Lipinski definition) is 1. The molecular weight excluding hydrogens is 300 g/mol. The van der Waals surface area contributed by atoms with Crippen LogP contribution in [0.4, 0.5) is 0 Å². The summed E-state index contributed by atoms with van der Waals surface area (Å²) in [5, 5.41) is 0. The predicted molar refractivity (Wildman–Crippen MR) is 85.2 cm³/mol. The van der Waals surface area contributed by atoms with Crippen molar-refractivity contribution in [2.24, 2.45) is 11.8 Å². The molecule has 3 atom stereocenters. The molecule has 0 aliphatic heterocycles. The summed E-state index contributed by atoms with van der Waals surface area (Å²) in [6, 6.07) is 8.54. The van der Waals surface area contributed by atoms with Crippen LogP contribution < -0.4 is 4.74 Å². The van der Waals surface area contributed by atoms with Gasteiger partial charge in [-0.25, -0.2) is 0 Å². The minimum Gasteiger partial charge on any atom is -0.497 e. The van der Waals surface area contributed by atoms with Crippen LogP contribution in [0.3, 0.4) is 0 Å². The Hall–Kier alpha value is -0.500. The van der Waals surface area contributed by atoms with Crippen molar-refractivity contribution in [1.82, 2.24) is 0 Å². The molecule has 0 radical (unpaired) electrons. The Bertz CT molecular complexity index is 391. The molecule has 1 aliphatic carbocycles. The van der Waals surface area contributed by atoms with E-state index in [4.69, 9.17) is 4.74 Å². The lowest BCUT2D eigenvalue weighted by Crippen LogP contribution is -2.26. The molecular formula is C17H25BrO. The van der Waals surface area contributed by atoms with Crippen LogP contribution in [-0.2, 0) is 6.42 Å². The third-order valence-electron chi connectivity index (χ3n) is 4.33. The predicted octanol–water partition coefficient (Wildman–Crippen LogP) is 5.22. The average molecular weight is 325 g/mol. The number of halogens is 1. The molecule has 106 valence electrons. The monoisotopic (exact) mass is 324 g/mol. The number of rotatable bonds is 5. The number of ether oxygens (including phenoxy) is 1. The Morgan fingerprint density at radius 3 is 2.89 bits per heavy atom. The van der Waals surface area contributed by atoms with Crippen LogP contribution in [0.2, 0.25) is 0 Å². The Labute approximate surface area is 125 Å². The zero-order valence-corrected chi connectivity index (χ0v) is 13.7. The fourth-order valence-corrected chi connectivity index (χ4v) is 3.98. The number of benzene rings is 1. The van der Waals surface area contributed by atoms with Crippen LogP contribution in [0.1, 0.15) is 44.6 Å². The van der Waals surface area contributed by atoms with E-state index in [0.29, 0.717) is 4.83 Å². The first-order valence-electron chi connectivity index (χ1n) is 7.50. The van der Waals surface area contributed by atoms with E-state index in [2.05, 4.69) is 41.1 Å². The Morgan fingerprint density at radius 1 is 1.32 bits per heavy atom. The number of methoxy groups -OCH3 is 1. The quantitative estimate of drug-likeness (QED) is 0.675. The van der Waals surface area contributed by atoms with Crippen molar-refractivity contribution in [1.29, 1.82) is 0 Å². The van der Waals surface area contributed by atoms with Gasteiger partial charge < -0.3 is 4.74 Å². The molecule has 0 aromatic heterocycles. The fourth-order valence-electron chi connectivity index (χ4n) is 3.31. The van der Waals surface area contributed by atoms with Crippen LogP contribution >= 0.6 is 15.9 Å². The summed E-state index contributed by atoms with van der Waals surface area (Å²) in [4.78, 5) is 0.687. The molecule has 1 aromatic rings. The molecule has 1 fully saturated rings. The summed E-state index contributed by atoms with van der Waals surface area (Å²) in [5.74, 6) is 2.69. The van der Waals surface area contributed by atoms with Gasteiger partial charge in [-0.3, -0.25) is 0 Å². The van der Waals surface area contributed by atoms with Crippen LogP contribution in [0, 0.1) is 11.8 Å². The lowest BCUT2D eigenvalue weighted by atomic mass is 9.77. The number of alkyl halides is 1. The lowest BCUT2D eigenvalue weighted by Gasteiger charge is -2.33. The summed E-state index contributed by atoms with van der Waals surface area (Å²) < 4.78 is 5.32. The van der Waals surface area contributed by atoms with Crippen molar-refractivity contribution >= 4 is 15.9 Å². The fraction of sp³-hybridized carbons (Fsp3) is 0.647. The highest BCUT2D eigenvalue weighted by molar-refractivity contribution is 9.09. The van der Waals surface area contributed by atoms with Gasteiger partial charge in [-0.05, 0) is 55.2 Å². The zero-order chi connectivity index (χ0) is 13.7. The Kier molecular flexibility index (Phi) is 5.75. The molecule has 0 N–H and O–H groups in total. The van der Waals surface area contributed by atoms with E-state index < -0.39 is 0 Å². The molecule has 0 bridgehead atoms. The highest BCUT2D eigenvalue weighted by Crippen LogP contribution is 2.37. The van der Waals surface area contributed by atoms with Crippen molar-refractivity contribution < 1.29 is 4.74 Å². The van der Waals surface area contributed by atoms with Crippen LogP contribution in [0.5, 0.6) is 5.75 Å². The summed E-state index contributed by atoms with van der Waals surface area (Å²) in [6.45, 7) is 2.30. The van der Waals surface area contributed by atoms with Crippen LogP contribution in [-0.4, -0.2) is 11.9 Å². The van der Waals surface area contributed by atoms with Crippen LogP contribution in [0.15, 0.2) is 24.3 Å². The first kappa shape index (κ1) is 14.9. The van der Waals surface area contributed by atoms with E-state index in [1.165, 1.54) is 44.1 Å². The van der Waals surface area contributed by atoms with Crippen molar-refractivity contribution in [2.75, 3.05) is 7.11 Å². The highest BCUT2D eigenvalue weighted by atomic mass is 79.9. The van der Waals surface area contributed by atoms with Gasteiger partial charge in [0, 0.05) is 4.83 Å². The van der Waals surface area contributed by atoms with E-state index in [1.807, 2.05) is 6.07 Å². The topological polar surface area (TPSA) is 9.23 Å². The third kappa shape index (κ3) is 4.24. The summed E-state index contributed by atoms with van der Waals surface area (Å²) in [6.07, 6.45) is 8.00. The Balaban J connectivity index is 1.99. The van der Waals surface area contributed by atoms with E-state index in [0.717, 1.165) is 17.6 Å². The van der Waals surface area contributed by atoms with Gasteiger partial charge in [0.15, 0.2) is 0 Å². The Morgan fingerprint density at radius 2 is 2.16 bits per heavy atom. The maximum atomic E-state index is 5.32. The standard InChI is InChI=1S/C17H25BrO/c1-3-5-13-8-9-17(18)15(10-13)11-14-6-4-7-16(12-14)19-2/h4,6-7,12-13,15,17H,3,5,8-11H2,1-2H3.